The fourth-order valence-corrected chi connectivity index (χ4v) is 3.33. The number of urea groups is 1. The van der Waals surface area contributed by atoms with Crippen molar-refractivity contribution in [2.45, 2.75) is 18.9 Å². The number of piperidine rings is 1. The molecule has 2 aliphatic rings. The van der Waals surface area contributed by atoms with Crippen LogP contribution in [0.15, 0.2) is 18.2 Å². The van der Waals surface area contributed by atoms with E-state index in [4.69, 9.17) is 11.6 Å². The number of hydrogen-bond acceptors (Lipinski definition) is 4. The average molecular weight is 325 g/mol. The van der Waals surface area contributed by atoms with Crippen LogP contribution in [0.3, 0.4) is 0 Å². The molecule has 2 fully saturated rings. The standard InChI is InChI=1S/C14H17ClN4O3/c15-10-1-2-12(13(9-10)19(21)22)17-6-3-11(4-7-17)18-8-5-16-14(18)20/h1-2,9,11H,3-8H2,(H,16,20). The van der Waals surface area contributed by atoms with E-state index in [1.54, 1.807) is 12.1 Å². The molecule has 0 unspecified atom stereocenters. The number of nitrogens with zero attached hydrogens (tertiary/aromatic N) is 3. The molecule has 0 aliphatic carbocycles. The van der Waals surface area contributed by atoms with Gasteiger partial charge in [0.05, 0.1) is 4.92 Å². The Kier molecular flexibility index (Phi) is 4.06. The van der Waals surface area contributed by atoms with Gasteiger partial charge in [0.25, 0.3) is 5.69 Å². The molecule has 2 heterocycles. The SMILES string of the molecule is O=C1NCCN1C1CCN(c2ccc(Cl)cc2[N+](=O)[O-])CC1. The van der Waals surface area contributed by atoms with Gasteiger partial charge in [-0.3, -0.25) is 10.1 Å². The molecule has 0 atom stereocenters. The number of nitro groups is 1. The number of hydrogen-bond donors (Lipinski definition) is 1. The molecule has 3 rings (SSSR count). The van der Waals surface area contributed by atoms with Crippen molar-refractivity contribution in [1.82, 2.24) is 10.2 Å². The Morgan fingerprint density at radius 3 is 2.59 bits per heavy atom. The summed E-state index contributed by atoms with van der Waals surface area (Å²) >= 11 is 5.85. The maximum Gasteiger partial charge on any atom is 0.317 e. The lowest BCUT2D eigenvalue weighted by Crippen LogP contribution is -2.46. The molecule has 2 saturated heterocycles. The number of rotatable bonds is 3. The molecular weight excluding hydrogens is 308 g/mol. The first kappa shape index (κ1) is 14.9. The summed E-state index contributed by atoms with van der Waals surface area (Å²) in [4.78, 5) is 26.4. The molecular formula is C14H17ClN4O3. The highest BCUT2D eigenvalue weighted by Gasteiger charge is 2.32. The van der Waals surface area contributed by atoms with Crippen molar-refractivity contribution < 1.29 is 9.72 Å². The average Bonchev–Trinajstić information content (AvgIpc) is 2.93. The van der Waals surface area contributed by atoms with Crippen molar-refractivity contribution >= 4 is 29.0 Å². The molecule has 118 valence electrons. The van der Waals surface area contributed by atoms with Gasteiger partial charge in [0.2, 0.25) is 0 Å². The van der Waals surface area contributed by atoms with E-state index in [2.05, 4.69) is 5.32 Å². The van der Waals surface area contributed by atoms with Crippen LogP contribution in [-0.2, 0) is 0 Å². The number of nitro benzene ring substituents is 1. The number of nitrogens with one attached hydrogen (secondary N) is 1. The first-order valence-corrected chi connectivity index (χ1v) is 7.67. The summed E-state index contributed by atoms with van der Waals surface area (Å²) in [5.74, 6) is 0. The largest absolute Gasteiger partial charge is 0.366 e. The summed E-state index contributed by atoms with van der Waals surface area (Å²) in [5, 5.41) is 14.4. The van der Waals surface area contributed by atoms with E-state index in [9.17, 15) is 14.9 Å². The van der Waals surface area contributed by atoms with Gasteiger partial charge in [-0.05, 0) is 25.0 Å². The number of anilines is 1. The van der Waals surface area contributed by atoms with Crippen molar-refractivity contribution in [2.75, 3.05) is 31.1 Å². The van der Waals surface area contributed by atoms with Gasteiger partial charge in [-0.2, -0.15) is 0 Å². The summed E-state index contributed by atoms with van der Waals surface area (Å²) in [6.07, 6.45) is 1.63. The molecule has 0 saturated carbocycles. The molecule has 22 heavy (non-hydrogen) atoms. The highest BCUT2D eigenvalue weighted by Crippen LogP contribution is 2.33. The monoisotopic (exact) mass is 324 g/mol. The third-order valence-electron chi connectivity index (χ3n) is 4.27. The summed E-state index contributed by atoms with van der Waals surface area (Å²) in [6, 6.07) is 4.96. The molecule has 1 aromatic carbocycles. The molecule has 0 bridgehead atoms. The van der Waals surface area contributed by atoms with Gasteiger partial charge in [-0.25, -0.2) is 4.79 Å². The van der Waals surface area contributed by atoms with Crippen molar-refractivity contribution in [3.05, 3.63) is 33.3 Å². The van der Waals surface area contributed by atoms with E-state index in [-0.39, 0.29) is 17.8 Å². The Bertz CT molecular complexity index is 602. The van der Waals surface area contributed by atoms with Crippen LogP contribution >= 0.6 is 11.6 Å². The zero-order chi connectivity index (χ0) is 15.7. The Morgan fingerprint density at radius 1 is 1.27 bits per heavy atom. The summed E-state index contributed by atoms with van der Waals surface area (Å²) in [6.45, 7) is 2.82. The highest BCUT2D eigenvalue weighted by molar-refractivity contribution is 6.30. The third kappa shape index (κ3) is 2.81. The first-order valence-electron chi connectivity index (χ1n) is 7.29. The minimum absolute atomic E-state index is 0.00377. The number of benzene rings is 1. The van der Waals surface area contributed by atoms with Crippen LogP contribution in [0.5, 0.6) is 0 Å². The molecule has 0 aromatic heterocycles. The molecule has 0 spiro atoms. The van der Waals surface area contributed by atoms with E-state index in [1.807, 2.05) is 9.80 Å². The number of carbonyl (C=O) groups excluding carboxylic acids is 1. The maximum absolute atomic E-state index is 11.7. The van der Waals surface area contributed by atoms with Crippen molar-refractivity contribution in [3.8, 4) is 0 Å². The normalized spacial score (nSPS) is 19.4. The zero-order valence-corrected chi connectivity index (χ0v) is 12.8. The second kappa shape index (κ2) is 6.00. The van der Waals surface area contributed by atoms with Gasteiger partial charge in [-0.15, -0.1) is 0 Å². The van der Waals surface area contributed by atoms with E-state index in [0.29, 0.717) is 30.3 Å². The zero-order valence-electron chi connectivity index (χ0n) is 12.0. The van der Waals surface area contributed by atoms with Gasteiger partial charge < -0.3 is 15.1 Å². The Morgan fingerprint density at radius 2 is 2.00 bits per heavy atom. The highest BCUT2D eigenvalue weighted by atomic mass is 35.5. The number of halogens is 1. The Labute approximate surface area is 133 Å². The predicted octanol–water partition coefficient (Wildman–Crippen LogP) is 2.24. The molecule has 8 heteroatoms. The van der Waals surface area contributed by atoms with Crippen LogP contribution in [0.2, 0.25) is 5.02 Å². The summed E-state index contributed by atoms with van der Waals surface area (Å²) in [7, 11) is 0. The minimum Gasteiger partial charge on any atom is -0.366 e. The number of carbonyl (C=O) groups is 1. The lowest BCUT2D eigenvalue weighted by Gasteiger charge is -2.37. The summed E-state index contributed by atoms with van der Waals surface area (Å²) in [5.41, 5.74) is 0.628. The molecule has 2 amide bonds. The second-order valence-corrected chi connectivity index (χ2v) is 5.97. The van der Waals surface area contributed by atoms with Crippen molar-refractivity contribution in [3.63, 3.8) is 0 Å². The number of amides is 2. The van der Waals surface area contributed by atoms with Crippen LogP contribution in [0, 0.1) is 10.1 Å². The van der Waals surface area contributed by atoms with E-state index in [0.717, 1.165) is 19.4 Å². The van der Waals surface area contributed by atoms with Crippen LogP contribution < -0.4 is 10.2 Å². The Balaban J connectivity index is 1.71. The van der Waals surface area contributed by atoms with Crippen molar-refractivity contribution in [1.29, 1.82) is 0 Å². The van der Waals surface area contributed by atoms with Gasteiger partial charge >= 0.3 is 6.03 Å². The second-order valence-electron chi connectivity index (χ2n) is 5.53. The lowest BCUT2D eigenvalue weighted by atomic mass is 10.0. The molecule has 1 aromatic rings. The molecule has 0 radical (unpaired) electrons. The van der Waals surface area contributed by atoms with Gasteiger partial charge in [0, 0.05) is 43.3 Å². The smallest absolute Gasteiger partial charge is 0.317 e. The topological polar surface area (TPSA) is 78.7 Å². The lowest BCUT2D eigenvalue weighted by molar-refractivity contribution is -0.384. The molecule has 1 N–H and O–H groups in total. The maximum atomic E-state index is 11.7. The quantitative estimate of drug-likeness (QED) is 0.683. The third-order valence-corrected chi connectivity index (χ3v) is 4.50. The molecule has 7 nitrogen and oxygen atoms in total. The van der Waals surface area contributed by atoms with Crippen molar-refractivity contribution in [2.24, 2.45) is 0 Å². The Hall–Kier alpha value is -2.02. The fourth-order valence-electron chi connectivity index (χ4n) is 3.16. The van der Waals surface area contributed by atoms with Crippen LogP contribution in [0.25, 0.3) is 0 Å². The summed E-state index contributed by atoms with van der Waals surface area (Å²) < 4.78 is 0. The van der Waals surface area contributed by atoms with E-state index in [1.165, 1.54) is 6.07 Å². The van der Waals surface area contributed by atoms with Gasteiger partial charge in [0.15, 0.2) is 0 Å². The van der Waals surface area contributed by atoms with Crippen LogP contribution in [-0.4, -0.2) is 48.1 Å². The predicted molar refractivity (Wildman–Crippen MR) is 83.4 cm³/mol. The van der Waals surface area contributed by atoms with Gasteiger partial charge in [0.1, 0.15) is 5.69 Å². The molecule has 2 aliphatic heterocycles. The van der Waals surface area contributed by atoms with Crippen LogP contribution in [0.4, 0.5) is 16.2 Å². The van der Waals surface area contributed by atoms with E-state index < -0.39 is 4.92 Å². The minimum atomic E-state index is -0.402. The first-order chi connectivity index (χ1) is 10.6. The fraction of sp³-hybridized carbons (Fsp3) is 0.500. The van der Waals surface area contributed by atoms with E-state index >= 15 is 0 Å². The van der Waals surface area contributed by atoms with Crippen LogP contribution in [0.1, 0.15) is 12.8 Å². The van der Waals surface area contributed by atoms with Gasteiger partial charge in [-0.1, -0.05) is 11.6 Å².